The third kappa shape index (κ3) is 4.01. The van der Waals surface area contributed by atoms with Gasteiger partial charge in [0.2, 0.25) is 0 Å². The van der Waals surface area contributed by atoms with Gasteiger partial charge in [-0.1, -0.05) is 67.6 Å². The first kappa shape index (κ1) is 20.4. The minimum atomic E-state index is -0.161. The third-order valence-electron chi connectivity index (χ3n) is 6.22. The van der Waals surface area contributed by atoms with Gasteiger partial charge in [-0.25, -0.2) is 9.50 Å². The van der Waals surface area contributed by atoms with E-state index in [-0.39, 0.29) is 11.3 Å². The van der Waals surface area contributed by atoms with Crippen LogP contribution in [0, 0.1) is 5.41 Å². The lowest BCUT2D eigenvalue weighted by atomic mass is 9.90. The molecule has 6 nitrogen and oxygen atoms in total. The number of nitrogens with zero attached hydrogens (tertiary/aromatic N) is 4. The van der Waals surface area contributed by atoms with Gasteiger partial charge in [0, 0.05) is 30.3 Å². The lowest BCUT2D eigenvalue weighted by Gasteiger charge is -2.23. The summed E-state index contributed by atoms with van der Waals surface area (Å²) in [6, 6.07) is 23.9. The summed E-state index contributed by atoms with van der Waals surface area (Å²) in [4.78, 5) is 20.1. The number of nitrogens with one attached hydrogen (secondary N) is 1. The lowest BCUT2D eigenvalue weighted by molar-refractivity contribution is 0.0929. The molecule has 1 aliphatic rings. The quantitative estimate of drug-likeness (QED) is 0.522. The van der Waals surface area contributed by atoms with Crippen molar-refractivity contribution >= 4 is 11.6 Å². The molecule has 0 saturated carbocycles. The lowest BCUT2D eigenvalue weighted by Crippen LogP contribution is -2.37. The molecule has 0 spiro atoms. The SMILES string of the molecule is CN1CCC(C)(CNC(=O)c2cc3nc(-c4ccccc4)cc(-c4ccccc4)n3n2)C1. The van der Waals surface area contributed by atoms with Gasteiger partial charge in [0.15, 0.2) is 11.3 Å². The van der Waals surface area contributed by atoms with Gasteiger partial charge >= 0.3 is 0 Å². The van der Waals surface area contributed by atoms with Crippen molar-refractivity contribution in [1.82, 2.24) is 24.8 Å². The molecule has 0 aliphatic carbocycles. The van der Waals surface area contributed by atoms with Crippen LogP contribution in [-0.4, -0.2) is 52.1 Å². The van der Waals surface area contributed by atoms with Crippen LogP contribution in [0.3, 0.4) is 0 Å². The summed E-state index contributed by atoms with van der Waals surface area (Å²) in [6.07, 6.45) is 1.08. The van der Waals surface area contributed by atoms with Crippen molar-refractivity contribution in [3.8, 4) is 22.5 Å². The minimum Gasteiger partial charge on any atom is -0.350 e. The molecule has 1 saturated heterocycles. The summed E-state index contributed by atoms with van der Waals surface area (Å²) >= 11 is 0. The number of likely N-dealkylation sites (tertiary alicyclic amines) is 1. The molecule has 4 aromatic rings. The Morgan fingerprint density at radius 1 is 1.03 bits per heavy atom. The smallest absolute Gasteiger partial charge is 0.271 e. The molecule has 32 heavy (non-hydrogen) atoms. The molecule has 1 atom stereocenters. The zero-order valence-electron chi connectivity index (χ0n) is 18.5. The Labute approximate surface area is 187 Å². The Morgan fingerprint density at radius 3 is 2.38 bits per heavy atom. The molecule has 162 valence electrons. The molecule has 1 amide bonds. The van der Waals surface area contributed by atoms with Crippen molar-refractivity contribution < 1.29 is 4.79 Å². The Balaban J connectivity index is 1.51. The van der Waals surface area contributed by atoms with E-state index in [9.17, 15) is 4.79 Å². The first-order chi connectivity index (χ1) is 15.5. The molecular formula is C26H27N5O. The van der Waals surface area contributed by atoms with Crippen LogP contribution in [0.1, 0.15) is 23.8 Å². The number of fused-ring (bicyclic) bond motifs is 1. The average molecular weight is 426 g/mol. The van der Waals surface area contributed by atoms with Crippen molar-refractivity contribution in [3.63, 3.8) is 0 Å². The van der Waals surface area contributed by atoms with Crippen molar-refractivity contribution in [2.75, 3.05) is 26.7 Å². The highest BCUT2D eigenvalue weighted by atomic mass is 16.1. The van der Waals surface area contributed by atoms with E-state index in [0.717, 1.165) is 42.0 Å². The summed E-state index contributed by atoms with van der Waals surface area (Å²) in [7, 11) is 2.12. The Morgan fingerprint density at radius 2 is 1.72 bits per heavy atom. The summed E-state index contributed by atoms with van der Waals surface area (Å²) in [5.74, 6) is -0.161. The van der Waals surface area contributed by atoms with Gasteiger partial charge in [0.05, 0.1) is 11.4 Å². The predicted molar refractivity (Wildman–Crippen MR) is 126 cm³/mol. The molecule has 6 heteroatoms. The predicted octanol–water partition coefficient (Wildman–Crippen LogP) is 4.13. The maximum absolute atomic E-state index is 13.0. The van der Waals surface area contributed by atoms with Gasteiger partial charge in [-0.15, -0.1) is 0 Å². The monoisotopic (exact) mass is 425 g/mol. The van der Waals surface area contributed by atoms with Crippen LogP contribution in [0.25, 0.3) is 28.2 Å². The van der Waals surface area contributed by atoms with E-state index >= 15 is 0 Å². The fourth-order valence-corrected chi connectivity index (χ4v) is 4.46. The largest absolute Gasteiger partial charge is 0.350 e. The van der Waals surface area contributed by atoms with E-state index in [1.165, 1.54) is 0 Å². The second-order valence-corrected chi connectivity index (χ2v) is 9.04. The van der Waals surface area contributed by atoms with Crippen LogP contribution in [-0.2, 0) is 0 Å². The number of benzene rings is 2. The Bertz CT molecular complexity index is 1250. The zero-order valence-corrected chi connectivity index (χ0v) is 18.5. The number of amides is 1. The Hall–Kier alpha value is -3.51. The third-order valence-corrected chi connectivity index (χ3v) is 6.22. The molecule has 5 rings (SSSR count). The van der Waals surface area contributed by atoms with E-state index in [1.54, 1.807) is 10.6 Å². The van der Waals surface area contributed by atoms with Crippen molar-refractivity contribution in [2.45, 2.75) is 13.3 Å². The average Bonchev–Trinajstić information content (AvgIpc) is 3.41. The molecule has 1 fully saturated rings. The number of hydrogen-bond donors (Lipinski definition) is 1. The molecule has 0 radical (unpaired) electrons. The topological polar surface area (TPSA) is 62.5 Å². The summed E-state index contributed by atoms with van der Waals surface area (Å²) in [5.41, 5.74) is 4.93. The van der Waals surface area contributed by atoms with Gasteiger partial charge in [-0.05, 0) is 31.5 Å². The number of hydrogen-bond acceptors (Lipinski definition) is 4. The van der Waals surface area contributed by atoms with Crippen molar-refractivity contribution in [2.24, 2.45) is 5.41 Å². The van der Waals surface area contributed by atoms with Gasteiger partial charge < -0.3 is 10.2 Å². The standard InChI is InChI=1S/C26H27N5O/c1-26(13-14-30(2)18-26)17-27-25(32)22-16-24-28-21(19-9-5-3-6-10-19)15-23(31(24)29-22)20-11-7-4-8-12-20/h3-12,15-16H,13-14,17-18H2,1-2H3,(H,27,32). The highest BCUT2D eigenvalue weighted by Gasteiger charge is 2.32. The maximum Gasteiger partial charge on any atom is 0.271 e. The number of carbonyl (C=O) groups is 1. The van der Waals surface area contributed by atoms with Crippen molar-refractivity contribution in [3.05, 3.63) is 78.5 Å². The molecule has 1 N–H and O–H groups in total. The fraction of sp³-hybridized carbons (Fsp3) is 0.269. The van der Waals surface area contributed by atoms with Crippen LogP contribution in [0.4, 0.5) is 0 Å². The normalized spacial score (nSPS) is 18.8. The van der Waals surface area contributed by atoms with Gasteiger partial charge in [0.25, 0.3) is 5.91 Å². The zero-order chi connectivity index (χ0) is 22.1. The van der Waals surface area contributed by atoms with Crippen LogP contribution in [0.5, 0.6) is 0 Å². The highest BCUT2D eigenvalue weighted by molar-refractivity contribution is 5.93. The molecule has 1 aliphatic heterocycles. The van der Waals surface area contributed by atoms with Gasteiger partial charge in [-0.2, -0.15) is 5.10 Å². The second-order valence-electron chi connectivity index (χ2n) is 9.04. The first-order valence-electron chi connectivity index (χ1n) is 11.0. The molecule has 1 unspecified atom stereocenters. The molecule has 2 aromatic carbocycles. The van der Waals surface area contributed by atoms with E-state index < -0.39 is 0 Å². The first-order valence-corrected chi connectivity index (χ1v) is 11.0. The van der Waals surface area contributed by atoms with Crippen LogP contribution >= 0.6 is 0 Å². The maximum atomic E-state index is 13.0. The second kappa shape index (κ2) is 8.20. The number of aromatic nitrogens is 3. The highest BCUT2D eigenvalue weighted by Crippen LogP contribution is 2.29. The molecule has 0 bridgehead atoms. The van der Waals surface area contributed by atoms with E-state index in [4.69, 9.17) is 4.98 Å². The molecule has 3 heterocycles. The molecule has 2 aromatic heterocycles. The minimum absolute atomic E-state index is 0.0947. The molecular weight excluding hydrogens is 398 g/mol. The van der Waals surface area contributed by atoms with Crippen LogP contribution < -0.4 is 5.32 Å². The van der Waals surface area contributed by atoms with Gasteiger partial charge in [-0.3, -0.25) is 4.79 Å². The Kier molecular flexibility index (Phi) is 5.23. The number of carbonyl (C=O) groups excluding carboxylic acids is 1. The summed E-state index contributed by atoms with van der Waals surface area (Å²) in [5, 5.41) is 7.74. The van der Waals surface area contributed by atoms with E-state index in [2.05, 4.69) is 29.3 Å². The van der Waals surface area contributed by atoms with E-state index in [1.807, 2.05) is 66.7 Å². The summed E-state index contributed by atoms with van der Waals surface area (Å²) < 4.78 is 1.77. The fourth-order valence-electron chi connectivity index (χ4n) is 4.46. The number of rotatable bonds is 5. The van der Waals surface area contributed by atoms with Gasteiger partial charge in [0.1, 0.15) is 0 Å². The van der Waals surface area contributed by atoms with E-state index in [0.29, 0.717) is 17.9 Å². The summed E-state index contributed by atoms with van der Waals surface area (Å²) in [6.45, 7) is 4.91. The van der Waals surface area contributed by atoms with Crippen molar-refractivity contribution in [1.29, 1.82) is 0 Å². The van der Waals surface area contributed by atoms with Crippen LogP contribution in [0.2, 0.25) is 0 Å². The van der Waals surface area contributed by atoms with Crippen LogP contribution in [0.15, 0.2) is 72.8 Å².